The van der Waals surface area contributed by atoms with Gasteiger partial charge in [0.05, 0.1) is 18.3 Å². The van der Waals surface area contributed by atoms with Crippen LogP contribution in [0.25, 0.3) is 0 Å². The number of hydrogen-bond donors (Lipinski definition) is 2. The molecule has 1 aromatic rings. The van der Waals surface area contributed by atoms with E-state index < -0.39 is 12.1 Å². The maximum Gasteiger partial charge on any atom is 0.358 e. The summed E-state index contributed by atoms with van der Waals surface area (Å²) in [5, 5.41) is 24.8. The summed E-state index contributed by atoms with van der Waals surface area (Å²) in [6.07, 6.45) is -0.568. The van der Waals surface area contributed by atoms with Crippen LogP contribution >= 0.6 is 0 Å². The Balaban J connectivity index is 2.93. The minimum atomic E-state index is -1.10. The first-order valence-corrected chi connectivity index (χ1v) is 3.83. The second-order valence-corrected chi connectivity index (χ2v) is 2.86. The molecule has 13 heavy (non-hydrogen) atoms. The molecule has 1 rings (SSSR count). The predicted molar refractivity (Wildman–Crippen MR) is 43.4 cm³/mol. The molecule has 0 amide bonds. The third-order valence-corrected chi connectivity index (χ3v) is 1.62. The fourth-order valence-corrected chi connectivity index (χ4v) is 0.982. The van der Waals surface area contributed by atoms with E-state index in [4.69, 9.17) is 10.2 Å². The highest BCUT2D eigenvalue weighted by atomic mass is 16.4. The molecule has 1 unspecified atom stereocenters. The van der Waals surface area contributed by atoms with E-state index in [0.29, 0.717) is 5.69 Å². The SMILES string of the molecule is Cc1c(C(=O)O)nnn1CC(C)O. The summed E-state index contributed by atoms with van der Waals surface area (Å²) < 4.78 is 1.37. The van der Waals surface area contributed by atoms with Crippen LogP contribution in [0.3, 0.4) is 0 Å². The Morgan fingerprint density at radius 1 is 1.69 bits per heavy atom. The summed E-state index contributed by atoms with van der Waals surface area (Å²) in [6.45, 7) is 3.46. The number of hydrogen-bond acceptors (Lipinski definition) is 4. The maximum absolute atomic E-state index is 10.5. The van der Waals surface area contributed by atoms with E-state index in [2.05, 4.69) is 10.3 Å². The Morgan fingerprint density at radius 3 is 2.69 bits per heavy atom. The fraction of sp³-hybridized carbons (Fsp3) is 0.571. The van der Waals surface area contributed by atoms with Gasteiger partial charge in [-0.1, -0.05) is 5.21 Å². The van der Waals surface area contributed by atoms with Crippen molar-refractivity contribution >= 4 is 5.97 Å². The first kappa shape index (κ1) is 9.66. The van der Waals surface area contributed by atoms with Crippen molar-refractivity contribution in [3.63, 3.8) is 0 Å². The lowest BCUT2D eigenvalue weighted by Gasteiger charge is -2.04. The number of nitrogens with zero attached hydrogens (tertiary/aromatic N) is 3. The Labute approximate surface area is 74.8 Å². The van der Waals surface area contributed by atoms with Crippen molar-refractivity contribution in [1.82, 2.24) is 15.0 Å². The third-order valence-electron chi connectivity index (χ3n) is 1.62. The van der Waals surface area contributed by atoms with E-state index in [9.17, 15) is 4.79 Å². The van der Waals surface area contributed by atoms with Gasteiger partial charge in [-0.3, -0.25) is 0 Å². The van der Waals surface area contributed by atoms with Crippen molar-refractivity contribution in [2.24, 2.45) is 0 Å². The predicted octanol–water partition coefficient (Wildman–Crippen LogP) is -0.334. The Hall–Kier alpha value is -1.43. The quantitative estimate of drug-likeness (QED) is 0.672. The molecule has 0 saturated carbocycles. The highest BCUT2D eigenvalue weighted by Crippen LogP contribution is 2.03. The average molecular weight is 185 g/mol. The van der Waals surface area contributed by atoms with Crippen LogP contribution < -0.4 is 0 Å². The molecule has 0 spiro atoms. The molecule has 0 radical (unpaired) electrons. The van der Waals surface area contributed by atoms with Gasteiger partial charge in [-0.15, -0.1) is 5.10 Å². The van der Waals surface area contributed by atoms with Crippen LogP contribution in [-0.2, 0) is 6.54 Å². The molecule has 2 N–H and O–H groups in total. The summed E-state index contributed by atoms with van der Waals surface area (Å²) in [4.78, 5) is 10.5. The highest BCUT2D eigenvalue weighted by molar-refractivity contribution is 5.86. The van der Waals surface area contributed by atoms with E-state index >= 15 is 0 Å². The monoisotopic (exact) mass is 185 g/mol. The van der Waals surface area contributed by atoms with E-state index in [0.717, 1.165) is 0 Å². The molecule has 0 fully saturated rings. The zero-order chi connectivity index (χ0) is 10.0. The molecule has 1 aromatic heterocycles. The zero-order valence-corrected chi connectivity index (χ0v) is 7.43. The van der Waals surface area contributed by atoms with Crippen molar-refractivity contribution in [2.75, 3.05) is 0 Å². The van der Waals surface area contributed by atoms with Crippen LogP contribution in [-0.4, -0.2) is 37.3 Å². The molecule has 0 bridgehead atoms. The smallest absolute Gasteiger partial charge is 0.358 e. The van der Waals surface area contributed by atoms with Crippen LogP contribution in [0.15, 0.2) is 0 Å². The molecule has 1 atom stereocenters. The molecule has 1 heterocycles. The van der Waals surface area contributed by atoms with Gasteiger partial charge >= 0.3 is 5.97 Å². The molecule has 6 nitrogen and oxygen atoms in total. The molecule has 72 valence electrons. The number of aliphatic hydroxyl groups excluding tert-OH is 1. The number of aromatic carboxylic acids is 1. The van der Waals surface area contributed by atoms with Gasteiger partial charge in [0, 0.05) is 0 Å². The second kappa shape index (κ2) is 3.53. The number of rotatable bonds is 3. The van der Waals surface area contributed by atoms with E-state index in [1.165, 1.54) is 4.68 Å². The number of aromatic nitrogens is 3. The van der Waals surface area contributed by atoms with Crippen LogP contribution in [0, 0.1) is 6.92 Å². The van der Waals surface area contributed by atoms with Crippen molar-refractivity contribution in [2.45, 2.75) is 26.5 Å². The largest absolute Gasteiger partial charge is 0.476 e. The minimum Gasteiger partial charge on any atom is -0.476 e. The van der Waals surface area contributed by atoms with E-state index in [1.54, 1.807) is 13.8 Å². The second-order valence-electron chi connectivity index (χ2n) is 2.86. The van der Waals surface area contributed by atoms with Crippen LogP contribution in [0.2, 0.25) is 0 Å². The van der Waals surface area contributed by atoms with Crippen molar-refractivity contribution < 1.29 is 15.0 Å². The number of carboxylic acids is 1. The summed E-state index contributed by atoms with van der Waals surface area (Å²) in [6, 6.07) is 0. The van der Waals surface area contributed by atoms with Crippen LogP contribution in [0.4, 0.5) is 0 Å². The zero-order valence-electron chi connectivity index (χ0n) is 7.43. The van der Waals surface area contributed by atoms with Crippen molar-refractivity contribution in [3.8, 4) is 0 Å². The Morgan fingerprint density at radius 2 is 2.31 bits per heavy atom. The van der Waals surface area contributed by atoms with Gasteiger partial charge in [-0.25, -0.2) is 9.48 Å². The maximum atomic E-state index is 10.5. The summed E-state index contributed by atoms with van der Waals surface area (Å²) >= 11 is 0. The standard InChI is InChI=1S/C7H11N3O3/c1-4(11)3-10-5(2)6(7(12)13)8-9-10/h4,11H,3H2,1-2H3,(H,12,13). The normalized spacial score (nSPS) is 12.8. The average Bonchev–Trinajstić information content (AvgIpc) is 2.32. The minimum absolute atomic E-state index is 0.0688. The van der Waals surface area contributed by atoms with Crippen LogP contribution in [0.5, 0.6) is 0 Å². The molecule has 6 heteroatoms. The molecular formula is C7H11N3O3. The lowest BCUT2D eigenvalue weighted by atomic mass is 10.3. The lowest BCUT2D eigenvalue weighted by molar-refractivity contribution is 0.0689. The molecule has 0 aromatic carbocycles. The van der Waals surface area contributed by atoms with Gasteiger partial charge in [0.2, 0.25) is 0 Å². The number of carbonyl (C=O) groups is 1. The molecular weight excluding hydrogens is 174 g/mol. The Bertz CT molecular complexity index is 319. The van der Waals surface area contributed by atoms with Gasteiger partial charge < -0.3 is 10.2 Å². The summed E-state index contributed by atoms with van der Waals surface area (Å²) in [5.74, 6) is -1.10. The number of carboxylic acid groups (broad SMARTS) is 1. The summed E-state index contributed by atoms with van der Waals surface area (Å²) in [7, 11) is 0. The summed E-state index contributed by atoms with van der Waals surface area (Å²) in [5.41, 5.74) is 0.383. The van der Waals surface area contributed by atoms with E-state index in [1.807, 2.05) is 0 Å². The van der Waals surface area contributed by atoms with Gasteiger partial charge in [0.25, 0.3) is 0 Å². The van der Waals surface area contributed by atoms with Crippen molar-refractivity contribution in [3.05, 3.63) is 11.4 Å². The molecule has 0 saturated heterocycles. The highest BCUT2D eigenvalue weighted by Gasteiger charge is 2.15. The lowest BCUT2D eigenvalue weighted by Crippen LogP contribution is -2.14. The first-order valence-electron chi connectivity index (χ1n) is 3.83. The van der Waals surface area contributed by atoms with E-state index in [-0.39, 0.29) is 12.2 Å². The first-order chi connectivity index (χ1) is 6.02. The molecule has 0 aliphatic carbocycles. The Kier molecular flexibility index (Phi) is 2.62. The topological polar surface area (TPSA) is 88.2 Å². The van der Waals surface area contributed by atoms with Crippen LogP contribution in [0.1, 0.15) is 23.1 Å². The third kappa shape index (κ3) is 2.03. The fourth-order valence-electron chi connectivity index (χ4n) is 0.982. The van der Waals surface area contributed by atoms with Gasteiger partial charge in [-0.2, -0.15) is 0 Å². The van der Waals surface area contributed by atoms with Gasteiger partial charge in [0.1, 0.15) is 0 Å². The van der Waals surface area contributed by atoms with Gasteiger partial charge in [-0.05, 0) is 13.8 Å². The molecule has 0 aliphatic rings. The van der Waals surface area contributed by atoms with Crippen molar-refractivity contribution in [1.29, 1.82) is 0 Å². The molecule has 0 aliphatic heterocycles. The number of aliphatic hydroxyl groups is 1. The van der Waals surface area contributed by atoms with Gasteiger partial charge in [0.15, 0.2) is 5.69 Å².